The molecule has 0 amide bonds. The Balaban J connectivity index is 4.10. The van der Waals surface area contributed by atoms with E-state index in [1.807, 2.05) is 30.3 Å². The molecule has 0 bridgehead atoms. The summed E-state index contributed by atoms with van der Waals surface area (Å²) < 4.78 is 35.8. The van der Waals surface area contributed by atoms with Crippen molar-refractivity contribution >= 4 is 30.7 Å². The Bertz CT molecular complexity index is 484. The van der Waals surface area contributed by atoms with Gasteiger partial charge in [-0.2, -0.15) is 0 Å². The molecule has 9 heteroatoms. The summed E-state index contributed by atoms with van der Waals surface area (Å²) in [6.07, 6.45) is 0. The minimum absolute atomic E-state index is 0.522. The number of methoxy groups -OCH3 is 6. The van der Waals surface area contributed by atoms with Gasteiger partial charge in [0.2, 0.25) is 0 Å². The zero-order valence-electron chi connectivity index (χ0n) is 16.8. The first-order valence-corrected chi connectivity index (χ1v) is 11.1. The smallest absolute Gasteiger partial charge is 0.159 e. The highest BCUT2D eigenvalue weighted by Crippen LogP contribution is 2.53. The van der Waals surface area contributed by atoms with Gasteiger partial charge in [0, 0.05) is 42.7 Å². The summed E-state index contributed by atoms with van der Waals surface area (Å²) >= 11 is 0. The molecule has 0 heterocycles. The van der Waals surface area contributed by atoms with Crippen molar-refractivity contribution < 1.29 is 28.4 Å². The molecule has 0 aliphatic rings. The lowest BCUT2D eigenvalue weighted by Gasteiger charge is -2.61. The third kappa shape index (κ3) is 3.22. The van der Waals surface area contributed by atoms with Crippen LogP contribution in [0.3, 0.4) is 0 Å². The fraction of sp³-hybridized carbons (Fsp3) is 0.625. The van der Waals surface area contributed by atoms with E-state index in [1.165, 1.54) is 0 Å². The molecular formula is C16H32O6Si3. The van der Waals surface area contributed by atoms with E-state index in [2.05, 4.69) is 0 Å². The van der Waals surface area contributed by atoms with Crippen molar-refractivity contribution in [1.82, 2.24) is 0 Å². The van der Waals surface area contributed by atoms with Gasteiger partial charge in [-0.05, 0) is 5.56 Å². The summed E-state index contributed by atoms with van der Waals surface area (Å²) in [4.78, 5) is 0. The van der Waals surface area contributed by atoms with Crippen LogP contribution >= 0.6 is 0 Å². The second-order valence-electron chi connectivity index (χ2n) is 6.18. The van der Waals surface area contributed by atoms with E-state index >= 15 is 0 Å². The van der Waals surface area contributed by atoms with Crippen molar-refractivity contribution in [2.75, 3.05) is 42.7 Å². The van der Waals surface area contributed by atoms with Crippen molar-refractivity contribution in [3.8, 4) is 0 Å². The van der Waals surface area contributed by atoms with Crippen LogP contribution in [0.2, 0.25) is 0 Å². The molecule has 0 spiro atoms. The molecule has 0 N–H and O–H groups in total. The van der Waals surface area contributed by atoms with Crippen LogP contribution in [0, 0.1) is 0 Å². The average Bonchev–Trinajstić information content (AvgIpc) is 2.68. The van der Waals surface area contributed by atoms with Crippen molar-refractivity contribution in [3.63, 3.8) is 0 Å². The molecule has 0 saturated carbocycles. The van der Waals surface area contributed by atoms with Crippen molar-refractivity contribution in [1.29, 1.82) is 0 Å². The summed E-state index contributed by atoms with van der Waals surface area (Å²) in [5.74, 6) is 0. The predicted octanol–water partition coefficient (Wildman–Crippen LogP) is -2.14. The second-order valence-corrected chi connectivity index (χ2v) is 10.1. The van der Waals surface area contributed by atoms with Crippen molar-refractivity contribution in [2.45, 2.75) is 21.6 Å². The first-order valence-electron chi connectivity index (χ1n) is 8.08. The summed E-state index contributed by atoms with van der Waals surface area (Å²) in [5.41, 5.74) is -3.12. The maximum Gasteiger partial charge on any atom is 0.159 e. The Kier molecular flexibility index (Phi) is 7.75. The highest BCUT2D eigenvalue weighted by molar-refractivity contribution is 6.23. The van der Waals surface area contributed by atoms with Crippen LogP contribution in [0.5, 0.6) is 0 Å². The van der Waals surface area contributed by atoms with Crippen LogP contribution < -0.4 is 0 Å². The molecule has 25 heavy (non-hydrogen) atoms. The van der Waals surface area contributed by atoms with Crippen LogP contribution in [0.25, 0.3) is 0 Å². The van der Waals surface area contributed by atoms with E-state index in [0.717, 1.165) is 5.56 Å². The Morgan fingerprint density at radius 1 is 0.560 bits per heavy atom. The molecular weight excluding hydrogens is 372 g/mol. The molecule has 0 unspecified atom stereocenters. The van der Waals surface area contributed by atoms with Gasteiger partial charge in [-0.3, -0.25) is 0 Å². The molecule has 0 aliphatic carbocycles. The quantitative estimate of drug-likeness (QED) is 0.328. The highest BCUT2D eigenvalue weighted by Gasteiger charge is 2.72. The van der Waals surface area contributed by atoms with Gasteiger partial charge in [-0.15, -0.1) is 0 Å². The van der Waals surface area contributed by atoms with Crippen LogP contribution in [-0.4, -0.2) is 89.6 Å². The maximum absolute atomic E-state index is 5.97. The third-order valence-electron chi connectivity index (χ3n) is 5.59. The molecule has 6 nitrogen and oxygen atoms in total. The first-order chi connectivity index (χ1) is 11.7. The zero-order chi connectivity index (χ0) is 19.4. The summed E-state index contributed by atoms with van der Waals surface area (Å²) in [7, 11) is 11.4. The van der Waals surface area contributed by atoms with Gasteiger partial charge in [-0.25, -0.2) is 0 Å². The lowest BCUT2D eigenvalue weighted by Crippen LogP contribution is -2.79. The standard InChI is InChI=1S/C16H32O6Si3/c1-17-14(23,18-2)13(15(24,19-3)20-4,16(25,21-5)22-6)12-10-8-7-9-11-12/h7-11H,1-6,23-25H3. The van der Waals surface area contributed by atoms with E-state index in [1.54, 1.807) is 42.7 Å². The lowest BCUT2D eigenvalue weighted by molar-refractivity contribution is -0.354. The summed E-state index contributed by atoms with van der Waals surface area (Å²) in [6, 6.07) is 9.93. The normalized spacial score (nSPS) is 16.2. The van der Waals surface area contributed by atoms with E-state index in [-0.39, 0.29) is 0 Å². The molecule has 0 fully saturated rings. The Morgan fingerprint density at radius 2 is 0.840 bits per heavy atom. The van der Waals surface area contributed by atoms with Gasteiger partial charge in [0.25, 0.3) is 0 Å². The predicted molar refractivity (Wildman–Crippen MR) is 108 cm³/mol. The number of ether oxygens (including phenoxy) is 6. The summed E-state index contributed by atoms with van der Waals surface area (Å²) in [6.45, 7) is 0. The molecule has 0 atom stereocenters. The third-order valence-corrected chi connectivity index (χ3v) is 10.3. The summed E-state index contributed by atoms with van der Waals surface area (Å²) in [5, 5.41) is 0. The van der Waals surface area contributed by atoms with Gasteiger partial charge < -0.3 is 28.4 Å². The van der Waals surface area contributed by atoms with Crippen LogP contribution in [-0.2, 0) is 33.8 Å². The topological polar surface area (TPSA) is 55.4 Å². The van der Waals surface area contributed by atoms with Crippen LogP contribution in [0.4, 0.5) is 0 Å². The Hall–Kier alpha value is -0.369. The van der Waals surface area contributed by atoms with Gasteiger partial charge in [0.1, 0.15) is 5.41 Å². The molecule has 1 aromatic carbocycles. The van der Waals surface area contributed by atoms with Gasteiger partial charge >= 0.3 is 0 Å². The fourth-order valence-corrected chi connectivity index (χ4v) is 8.97. The molecule has 0 radical (unpaired) electrons. The Labute approximate surface area is 159 Å². The van der Waals surface area contributed by atoms with Crippen LogP contribution in [0.15, 0.2) is 30.3 Å². The number of hydrogen-bond acceptors (Lipinski definition) is 6. The van der Waals surface area contributed by atoms with Gasteiger partial charge in [-0.1, -0.05) is 30.3 Å². The minimum atomic E-state index is -1.02. The average molecular weight is 405 g/mol. The zero-order valence-corrected chi connectivity index (χ0v) is 22.8. The minimum Gasteiger partial charge on any atom is -0.357 e. The monoisotopic (exact) mass is 404 g/mol. The number of hydrogen-bond donors (Lipinski definition) is 0. The van der Waals surface area contributed by atoms with Crippen LogP contribution in [0.1, 0.15) is 5.56 Å². The second kappa shape index (κ2) is 8.55. The van der Waals surface area contributed by atoms with E-state index in [4.69, 9.17) is 28.4 Å². The lowest BCUT2D eigenvalue weighted by atomic mass is 9.75. The van der Waals surface area contributed by atoms with Crippen molar-refractivity contribution in [3.05, 3.63) is 35.9 Å². The van der Waals surface area contributed by atoms with Crippen molar-refractivity contribution in [2.24, 2.45) is 0 Å². The molecule has 1 aromatic rings. The number of rotatable bonds is 10. The maximum atomic E-state index is 5.97. The SMILES string of the molecule is COC([SiH3])(OC)C(c1ccccc1)(C([SiH3])(OC)OC)C([SiH3])(OC)OC. The molecule has 0 saturated heterocycles. The molecule has 144 valence electrons. The highest BCUT2D eigenvalue weighted by atomic mass is 28.2. The largest absolute Gasteiger partial charge is 0.357 e. The fourth-order valence-electron chi connectivity index (χ4n) is 3.88. The van der Waals surface area contributed by atoms with Gasteiger partial charge in [0.15, 0.2) is 16.2 Å². The Morgan fingerprint density at radius 3 is 1.08 bits per heavy atom. The number of benzene rings is 1. The molecule has 0 aliphatic heterocycles. The van der Waals surface area contributed by atoms with E-state index in [0.29, 0.717) is 30.7 Å². The van der Waals surface area contributed by atoms with E-state index < -0.39 is 21.6 Å². The van der Waals surface area contributed by atoms with Gasteiger partial charge in [0.05, 0.1) is 30.7 Å². The molecule has 0 aromatic heterocycles. The van der Waals surface area contributed by atoms with E-state index in [9.17, 15) is 0 Å². The first kappa shape index (κ1) is 22.7. The molecule has 1 rings (SSSR count).